The highest BCUT2D eigenvalue weighted by Gasteiger charge is 2.26. The Balaban J connectivity index is 0.690. The molecule has 0 unspecified atom stereocenters. The molecular formula is C117H78N8. The van der Waals surface area contributed by atoms with Crippen molar-refractivity contribution in [2.75, 3.05) is 29.4 Å². The molecule has 0 N–H and O–H groups in total. The number of rotatable bonds is 18. The Kier molecular flexibility index (Phi) is 18.1. The lowest BCUT2D eigenvalue weighted by atomic mass is 10.1. The van der Waals surface area contributed by atoms with Crippen LogP contribution in [0.3, 0.4) is 0 Å². The van der Waals surface area contributed by atoms with Gasteiger partial charge < -0.3 is 29.4 Å². The monoisotopic (exact) mass is 1590 g/mol. The molecule has 0 fully saturated rings. The van der Waals surface area contributed by atoms with Crippen molar-refractivity contribution in [3.8, 4) is 6.19 Å². The highest BCUT2D eigenvalue weighted by Crippen LogP contribution is 2.49. The maximum absolute atomic E-state index is 11.5. The largest absolute Gasteiger partial charge is 0.310 e. The minimum atomic E-state index is 0.794. The smallest absolute Gasteiger partial charge is 0.189 e. The molecule has 8 heteroatoms. The molecule has 23 aromatic rings. The molecular weight excluding hydrogens is 1520 g/mol. The Morgan fingerprint density at radius 2 is 0.264 bits per heavy atom. The van der Waals surface area contributed by atoms with Gasteiger partial charge in [-0.3, -0.25) is 0 Å². The van der Waals surface area contributed by atoms with Crippen molar-refractivity contribution in [2.45, 2.75) is 0 Å². The summed E-state index contributed by atoms with van der Waals surface area (Å²) < 4.78 is 1.78. The van der Waals surface area contributed by atoms with Crippen LogP contribution >= 0.6 is 0 Å². The molecule has 0 bridgehead atoms. The normalized spacial score (nSPS) is 11.5. The third-order valence-corrected chi connectivity index (χ3v) is 24.7. The summed E-state index contributed by atoms with van der Waals surface area (Å²) in [4.78, 5) is 14.2. The van der Waals surface area contributed by atoms with Crippen LogP contribution < -0.4 is 29.4 Å². The predicted molar refractivity (Wildman–Crippen MR) is 529 cm³/mol. The fourth-order valence-electron chi connectivity index (χ4n) is 18.6. The van der Waals surface area contributed by atoms with Gasteiger partial charge in [0, 0.05) is 113 Å². The molecule has 8 nitrogen and oxygen atoms in total. The second-order valence-corrected chi connectivity index (χ2v) is 32.2. The summed E-state index contributed by atoms with van der Waals surface area (Å²) in [5.74, 6) is 0. The van der Waals surface area contributed by atoms with E-state index in [1.807, 2.05) is 0 Å². The molecule has 1 heterocycles. The highest BCUT2D eigenvalue weighted by molar-refractivity contribution is 6.12. The lowest BCUT2D eigenvalue weighted by Crippen LogP contribution is -2.13. The van der Waals surface area contributed by atoms with E-state index in [0.717, 1.165) is 167 Å². The van der Waals surface area contributed by atoms with Crippen molar-refractivity contribution < 1.29 is 0 Å². The SMILES string of the molecule is N#Cn1c2ccc(N(c3ccc(N(c4ccc5ccccc5c4)c4ccc5ccccc5c4)cc3)c3ccc(N(c4ccc5ccccc5c4)c4ccc5ccccc5c4)cc3)cc2c2cc(N(c3ccc(N(c4ccc5ccccc5c4)c4ccc5ccccc5c4)cc3)c3ccc(N(c4ccc5ccccc5c4)c4ccc5ccccc5c4)cc3)ccc21. The molecule has 22 aromatic carbocycles. The molecule has 23 rings (SSSR count). The van der Waals surface area contributed by atoms with Crippen LogP contribution in [0, 0.1) is 11.5 Å². The maximum Gasteiger partial charge on any atom is 0.189 e. The number of hydrogen-bond donors (Lipinski definition) is 0. The number of benzene rings is 22. The summed E-state index contributed by atoms with van der Waals surface area (Å²) in [6.07, 6.45) is 2.64. The number of fused-ring (bicyclic) bond motifs is 11. The van der Waals surface area contributed by atoms with Crippen molar-refractivity contribution in [1.82, 2.24) is 4.57 Å². The number of anilines is 18. The summed E-state index contributed by atoms with van der Waals surface area (Å²) in [6, 6.07) is 172. The molecule has 0 aliphatic heterocycles. The minimum absolute atomic E-state index is 0.794. The van der Waals surface area contributed by atoms with Gasteiger partial charge in [0.1, 0.15) is 0 Å². The third kappa shape index (κ3) is 13.6. The first kappa shape index (κ1) is 73.2. The molecule has 0 spiro atoms. The third-order valence-electron chi connectivity index (χ3n) is 24.7. The molecule has 0 atom stereocenters. The number of hydrogen-bond acceptors (Lipinski definition) is 7. The lowest BCUT2D eigenvalue weighted by Gasteiger charge is -2.30. The zero-order valence-corrected chi connectivity index (χ0v) is 68.1. The van der Waals surface area contributed by atoms with Crippen molar-refractivity contribution in [2.24, 2.45) is 0 Å². The van der Waals surface area contributed by atoms with Crippen LogP contribution in [0.2, 0.25) is 0 Å². The van der Waals surface area contributed by atoms with E-state index in [-0.39, 0.29) is 0 Å². The number of aromatic nitrogens is 1. The molecule has 1 aromatic heterocycles. The first-order valence-corrected chi connectivity index (χ1v) is 42.5. The van der Waals surface area contributed by atoms with Crippen LogP contribution in [0.15, 0.2) is 473 Å². The number of nitrogens with zero attached hydrogens (tertiary/aromatic N) is 8. The van der Waals surface area contributed by atoms with Gasteiger partial charge in [0.2, 0.25) is 0 Å². The molecule has 0 radical (unpaired) electrons. The van der Waals surface area contributed by atoms with Gasteiger partial charge in [-0.05, 0) is 317 Å². The molecule has 0 saturated heterocycles. The number of nitriles is 1. The van der Waals surface area contributed by atoms with Crippen LogP contribution in [-0.2, 0) is 0 Å². The summed E-state index contributed by atoms with van der Waals surface area (Å²) in [5.41, 5.74) is 19.6. The van der Waals surface area contributed by atoms with Crippen molar-refractivity contribution in [1.29, 1.82) is 5.26 Å². The van der Waals surface area contributed by atoms with Crippen molar-refractivity contribution >= 4 is 210 Å². The van der Waals surface area contributed by atoms with E-state index in [1.165, 1.54) is 43.1 Å². The Morgan fingerprint density at radius 1 is 0.136 bits per heavy atom. The fraction of sp³-hybridized carbons (Fsp3) is 0. The zero-order chi connectivity index (χ0) is 82.8. The second kappa shape index (κ2) is 31.0. The average Bonchev–Trinajstić information content (AvgIpc) is 1.59. The van der Waals surface area contributed by atoms with E-state index in [2.05, 4.69) is 509 Å². The Bertz CT molecular complexity index is 6970. The first-order valence-electron chi connectivity index (χ1n) is 42.5. The molecule has 0 aliphatic rings. The van der Waals surface area contributed by atoms with Crippen molar-refractivity contribution in [3.05, 3.63) is 473 Å². The van der Waals surface area contributed by atoms with Gasteiger partial charge in [0.15, 0.2) is 6.19 Å². The maximum atomic E-state index is 11.5. The second-order valence-electron chi connectivity index (χ2n) is 32.2. The van der Waals surface area contributed by atoms with Gasteiger partial charge in [-0.15, -0.1) is 0 Å². The molecule has 125 heavy (non-hydrogen) atoms. The molecule has 0 amide bonds. The molecule has 0 aliphatic carbocycles. The van der Waals surface area contributed by atoms with Crippen LogP contribution in [0.25, 0.3) is 108 Å². The molecule has 586 valence electrons. The quantitative estimate of drug-likeness (QED) is 0.0848. The van der Waals surface area contributed by atoms with Crippen LogP contribution in [-0.4, -0.2) is 4.57 Å². The zero-order valence-electron chi connectivity index (χ0n) is 68.1. The minimum Gasteiger partial charge on any atom is -0.310 e. The molecule has 0 saturated carbocycles. The summed E-state index contributed by atoms with van der Waals surface area (Å²) in [7, 11) is 0. The van der Waals surface area contributed by atoms with Crippen molar-refractivity contribution in [3.63, 3.8) is 0 Å². The average molecular weight is 1600 g/mol. The van der Waals surface area contributed by atoms with Gasteiger partial charge >= 0.3 is 0 Å². The van der Waals surface area contributed by atoms with E-state index in [9.17, 15) is 5.26 Å². The van der Waals surface area contributed by atoms with E-state index < -0.39 is 0 Å². The van der Waals surface area contributed by atoms with Gasteiger partial charge in [0.05, 0.1) is 11.0 Å². The van der Waals surface area contributed by atoms with Crippen LogP contribution in [0.5, 0.6) is 0 Å². The predicted octanol–water partition coefficient (Wildman–Crippen LogP) is 33.2. The highest BCUT2D eigenvalue weighted by atomic mass is 15.2. The first-order chi connectivity index (χ1) is 61.8. The standard InChI is InChI=1S/C117H78N8/c118-79-119-116-67-65-112(120(96-49-57-100(58-50-96)122(104-41-33-80-17-1-9-25-88(80)69-104)105-42-34-81-18-2-10-26-89(81)70-105)97-51-59-101(60-52-97)123(106-43-35-82-19-3-11-27-90(82)71-106)107-44-36-83-20-4-12-28-91(83)72-107)77-114(116)115-78-113(66-68-117(115)119)121(98-53-61-102(62-54-98)124(108-45-37-84-21-5-13-29-92(84)73-108)109-46-38-85-22-6-14-30-93(85)74-109)99-55-63-103(64-56-99)125(110-47-39-86-23-7-15-31-94(86)75-110)111-48-40-87-24-8-16-32-95(87)76-111/h1-78H. The van der Waals surface area contributed by atoms with Gasteiger partial charge in [-0.2, -0.15) is 5.26 Å². The van der Waals surface area contributed by atoms with E-state index in [1.54, 1.807) is 4.57 Å². The van der Waals surface area contributed by atoms with Gasteiger partial charge in [-0.25, -0.2) is 4.57 Å². The summed E-state index contributed by atoms with van der Waals surface area (Å²) in [5, 5.41) is 32.1. The Morgan fingerprint density at radius 3 is 0.424 bits per heavy atom. The topological polar surface area (TPSA) is 48.2 Å². The van der Waals surface area contributed by atoms with E-state index >= 15 is 0 Å². The lowest BCUT2D eigenvalue weighted by molar-refractivity contribution is 1.19. The van der Waals surface area contributed by atoms with Gasteiger partial charge in [0.25, 0.3) is 0 Å². The summed E-state index contributed by atoms with van der Waals surface area (Å²) >= 11 is 0. The van der Waals surface area contributed by atoms with Crippen LogP contribution in [0.1, 0.15) is 0 Å². The van der Waals surface area contributed by atoms with E-state index in [0.29, 0.717) is 0 Å². The van der Waals surface area contributed by atoms with E-state index in [4.69, 9.17) is 0 Å². The Hall–Kier alpha value is -17.0. The Labute approximate surface area is 724 Å². The van der Waals surface area contributed by atoms with Crippen LogP contribution in [0.4, 0.5) is 102 Å². The van der Waals surface area contributed by atoms with Gasteiger partial charge in [-0.1, -0.05) is 243 Å². The summed E-state index contributed by atoms with van der Waals surface area (Å²) in [6.45, 7) is 0. The fourth-order valence-corrected chi connectivity index (χ4v) is 18.6.